The van der Waals surface area contributed by atoms with E-state index in [1.54, 1.807) is 0 Å². The van der Waals surface area contributed by atoms with Crippen LogP contribution in [-0.2, 0) is 0 Å². The molecule has 0 aromatic heterocycles. The van der Waals surface area contributed by atoms with Crippen LogP contribution in [0.3, 0.4) is 0 Å². The van der Waals surface area contributed by atoms with Crippen molar-refractivity contribution in [2.75, 3.05) is 13.1 Å². The van der Waals surface area contributed by atoms with Crippen molar-refractivity contribution in [2.24, 2.45) is 0 Å². The van der Waals surface area contributed by atoms with Crippen LogP contribution in [0.5, 0.6) is 0 Å². The zero-order valence-electron chi connectivity index (χ0n) is 8.16. The van der Waals surface area contributed by atoms with Crippen molar-refractivity contribution < 1.29 is 18.9 Å². The Morgan fingerprint density at radius 3 is 1.82 bits per heavy atom. The molecule has 1 aliphatic rings. The van der Waals surface area contributed by atoms with Gasteiger partial charge in [-0.15, -0.1) is 0 Å². The molecule has 0 aromatic rings. The van der Waals surface area contributed by atoms with E-state index in [0.717, 1.165) is 6.42 Å². The number of nitrogens with one attached hydrogen (secondary N) is 1. The van der Waals surface area contributed by atoms with Crippen LogP contribution in [0.25, 0.3) is 0 Å². The van der Waals surface area contributed by atoms with E-state index < -0.39 is 0 Å². The SMILES string of the molecule is C1CCCNCC1.[CH2-]CC.[Li+]. The largest absolute Gasteiger partial charge is 1.00 e. The van der Waals surface area contributed by atoms with E-state index in [1.807, 2.05) is 6.92 Å². The van der Waals surface area contributed by atoms with Gasteiger partial charge in [0, 0.05) is 0 Å². The molecular formula is C9H20LiN. The minimum Gasteiger partial charge on any atom is -0.344 e. The Bertz CT molecular complexity index is 37.9. The van der Waals surface area contributed by atoms with Crippen molar-refractivity contribution in [3.8, 4) is 0 Å². The number of rotatable bonds is 0. The van der Waals surface area contributed by atoms with Crippen LogP contribution in [-0.4, -0.2) is 13.1 Å². The molecule has 0 radical (unpaired) electrons. The molecule has 0 saturated carbocycles. The molecule has 1 heterocycles. The Kier molecular flexibility index (Phi) is 16.9. The normalized spacial score (nSPS) is 16.9. The molecule has 0 aliphatic carbocycles. The van der Waals surface area contributed by atoms with Gasteiger partial charge in [-0.3, -0.25) is 0 Å². The van der Waals surface area contributed by atoms with Crippen LogP contribution < -0.4 is 24.2 Å². The Hall–Kier alpha value is 0.557. The summed E-state index contributed by atoms with van der Waals surface area (Å²) in [6.07, 6.45) is 6.65. The van der Waals surface area contributed by atoms with Crippen LogP contribution in [0.2, 0.25) is 0 Å². The Morgan fingerprint density at radius 1 is 1.09 bits per heavy atom. The van der Waals surface area contributed by atoms with Crippen molar-refractivity contribution >= 4 is 0 Å². The molecule has 0 bridgehead atoms. The third kappa shape index (κ3) is 13.5. The molecule has 62 valence electrons. The average molecular weight is 149 g/mol. The van der Waals surface area contributed by atoms with E-state index >= 15 is 0 Å². The topological polar surface area (TPSA) is 12.0 Å². The van der Waals surface area contributed by atoms with Crippen LogP contribution in [0.1, 0.15) is 39.0 Å². The van der Waals surface area contributed by atoms with Crippen LogP contribution in [0.15, 0.2) is 0 Å². The summed E-state index contributed by atoms with van der Waals surface area (Å²) in [5.41, 5.74) is 0. The van der Waals surface area contributed by atoms with Gasteiger partial charge in [0.05, 0.1) is 0 Å². The quantitative estimate of drug-likeness (QED) is 0.358. The molecule has 1 fully saturated rings. The van der Waals surface area contributed by atoms with Gasteiger partial charge in [-0.05, 0) is 25.9 Å². The van der Waals surface area contributed by atoms with Gasteiger partial charge in [-0.25, -0.2) is 0 Å². The van der Waals surface area contributed by atoms with Gasteiger partial charge in [-0.1, -0.05) is 19.8 Å². The van der Waals surface area contributed by atoms with E-state index in [1.165, 1.54) is 38.8 Å². The molecule has 1 nitrogen and oxygen atoms in total. The predicted octanol–water partition coefficient (Wildman–Crippen LogP) is -0.616. The molecule has 0 spiro atoms. The fraction of sp³-hybridized carbons (Fsp3) is 0.889. The average Bonchev–Trinajstić information content (AvgIpc) is 2.17. The Balaban J connectivity index is 0. The second-order valence-corrected chi connectivity index (χ2v) is 2.66. The van der Waals surface area contributed by atoms with Gasteiger partial charge in [0.1, 0.15) is 0 Å². The summed E-state index contributed by atoms with van der Waals surface area (Å²) in [5.74, 6) is 0. The standard InChI is InChI=1S/C6H13N.C3H7.Li/c1-2-4-6-7-5-3-1;1-3-2;/h7H,1-6H2;1,3H2,2H3;/q;-1;+1. The number of hydrogen-bond acceptors (Lipinski definition) is 1. The summed E-state index contributed by atoms with van der Waals surface area (Å²) < 4.78 is 0. The van der Waals surface area contributed by atoms with Crippen LogP contribution in [0.4, 0.5) is 0 Å². The number of hydrogen-bond donors (Lipinski definition) is 1. The van der Waals surface area contributed by atoms with Crippen LogP contribution >= 0.6 is 0 Å². The first-order valence-electron chi connectivity index (χ1n) is 4.41. The minimum atomic E-state index is 0. The third-order valence-corrected chi connectivity index (χ3v) is 1.46. The van der Waals surface area contributed by atoms with Crippen molar-refractivity contribution in [3.05, 3.63) is 6.92 Å². The first kappa shape index (κ1) is 14.1. The Morgan fingerprint density at radius 2 is 1.45 bits per heavy atom. The summed E-state index contributed by atoms with van der Waals surface area (Å²) in [6.45, 7) is 8.00. The van der Waals surface area contributed by atoms with Gasteiger partial charge in [-0.2, -0.15) is 6.42 Å². The summed E-state index contributed by atoms with van der Waals surface area (Å²) in [7, 11) is 0. The van der Waals surface area contributed by atoms with Gasteiger partial charge in [0.2, 0.25) is 0 Å². The summed E-state index contributed by atoms with van der Waals surface area (Å²) in [6, 6.07) is 0. The Labute approximate surface area is 83.5 Å². The minimum absolute atomic E-state index is 0. The molecule has 0 aromatic carbocycles. The van der Waals surface area contributed by atoms with Gasteiger partial charge >= 0.3 is 18.9 Å². The maximum Gasteiger partial charge on any atom is 1.00 e. The summed E-state index contributed by atoms with van der Waals surface area (Å²) >= 11 is 0. The van der Waals surface area contributed by atoms with E-state index in [9.17, 15) is 0 Å². The molecular weight excluding hydrogens is 129 g/mol. The summed E-state index contributed by atoms with van der Waals surface area (Å²) in [5, 5.41) is 3.35. The molecule has 1 aliphatic heterocycles. The fourth-order valence-corrected chi connectivity index (χ4v) is 0.979. The van der Waals surface area contributed by atoms with Crippen LogP contribution in [0, 0.1) is 6.92 Å². The van der Waals surface area contributed by atoms with E-state index in [0.29, 0.717) is 0 Å². The molecule has 1 rings (SSSR count). The molecule has 0 unspecified atom stereocenters. The third-order valence-electron chi connectivity index (χ3n) is 1.46. The fourth-order valence-electron chi connectivity index (χ4n) is 0.979. The van der Waals surface area contributed by atoms with E-state index in [-0.39, 0.29) is 18.9 Å². The first-order chi connectivity index (χ1) is 4.91. The zero-order chi connectivity index (χ0) is 7.66. The smallest absolute Gasteiger partial charge is 0.344 e. The molecule has 0 atom stereocenters. The zero-order valence-corrected chi connectivity index (χ0v) is 8.16. The second kappa shape index (κ2) is 13.2. The molecule has 1 saturated heterocycles. The van der Waals surface area contributed by atoms with Gasteiger partial charge < -0.3 is 12.2 Å². The monoisotopic (exact) mass is 149 g/mol. The predicted molar refractivity (Wildman–Crippen MR) is 47.0 cm³/mol. The maximum atomic E-state index is 3.49. The molecule has 11 heavy (non-hydrogen) atoms. The van der Waals surface area contributed by atoms with Crippen molar-refractivity contribution in [1.29, 1.82) is 0 Å². The van der Waals surface area contributed by atoms with Crippen molar-refractivity contribution in [2.45, 2.75) is 39.0 Å². The second-order valence-electron chi connectivity index (χ2n) is 2.66. The molecule has 0 amide bonds. The van der Waals surface area contributed by atoms with Crippen molar-refractivity contribution in [1.82, 2.24) is 5.32 Å². The molecule has 1 N–H and O–H groups in total. The van der Waals surface area contributed by atoms with Crippen molar-refractivity contribution in [3.63, 3.8) is 0 Å². The van der Waals surface area contributed by atoms with E-state index in [4.69, 9.17) is 0 Å². The maximum absolute atomic E-state index is 3.49. The summed E-state index contributed by atoms with van der Waals surface area (Å²) in [4.78, 5) is 0. The van der Waals surface area contributed by atoms with Gasteiger partial charge in [0.25, 0.3) is 0 Å². The van der Waals surface area contributed by atoms with Gasteiger partial charge in [0.15, 0.2) is 0 Å². The first-order valence-corrected chi connectivity index (χ1v) is 4.41. The van der Waals surface area contributed by atoms with E-state index in [2.05, 4.69) is 12.2 Å². The molecule has 2 heteroatoms.